The molecule has 0 unspecified atom stereocenters. The molecule has 0 aliphatic carbocycles. The lowest BCUT2D eigenvalue weighted by atomic mass is 10.1. The minimum Gasteiger partial charge on any atom is -0.333 e. The highest BCUT2D eigenvalue weighted by Gasteiger charge is 2.21. The van der Waals surface area contributed by atoms with E-state index in [1.165, 1.54) is 11.3 Å². The van der Waals surface area contributed by atoms with Crippen LogP contribution in [0, 0.1) is 13.8 Å². The first-order chi connectivity index (χ1) is 14.1. The number of aromatic nitrogens is 4. The molecule has 4 aromatic heterocycles. The first-order valence-corrected chi connectivity index (χ1v) is 10.7. The highest BCUT2D eigenvalue weighted by atomic mass is 32.1. The number of rotatable bonds is 4. The Kier molecular flexibility index (Phi) is 4.37. The average molecular weight is 421 g/mol. The van der Waals surface area contributed by atoms with Gasteiger partial charge in [-0.15, -0.1) is 22.7 Å². The molecule has 1 aromatic carbocycles. The van der Waals surface area contributed by atoms with E-state index in [0.717, 1.165) is 26.4 Å². The van der Waals surface area contributed by atoms with Gasteiger partial charge in [0.2, 0.25) is 5.82 Å². The zero-order valence-corrected chi connectivity index (χ0v) is 17.4. The van der Waals surface area contributed by atoms with Crippen LogP contribution in [0.2, 0.25) is 0 Å². The molecule has 0 bridgehead atoms. The van der Waals surface area contributed by atoms with Gasteiger partial charge in [-0.3, -0.25) is 9.36 Å². The summed E-state index contributed by atoms with van der Waals surface area (Å²) in [4.78, 5) is 24.6. The van der Waals surface area contributed by atoms with Gasteiger partial charge < -0.3 is 4.52 Å². The minimum atomic E-state index is -0.0590. The monoisotopic (exact) mass is 420 g/mol. The molecule has 0 saturated heterocycles. The Bertz CT molecular complexity index is 1380. The second kappa shape index (κ2) is 7.06. The Balaban J connectivity index is 1.58. The number of hydrogen-bond donors (Lipinski definition) is 0. The van der Waals surface area contributed by atoms with Crippen LogP contribution in [0.5, 0.6) is 0 Å². The van der Waals surface area contributed by atoms with Crippen LogP contribution in [0.25, 0.3) is 31.7 Å². The fraction of sp³-hybridized carbons (Fsp3) is 0.143. The first-order valence-electron chi connectivity index (χ1n) is 9.03. The van der Waals surface area contributed by atoms with E-state index in [1.807, 2.05) is 55.6 Å². The van der Waals surface area contributed by atoms with E-state index in [0.29, 0.717) is 28.5 Å². The summed E-state index contributed by atoms with van der Waals surface area (Å²) in [6.07, 6.45) is 1.61. The molecule has 5 aromatic rings. The number of nitrogens with zero attached hydrogens (tertiary/aromatic N) is 4. The van der Waals surface area contributed by atoms with Crippen LogP contribution >= 0.6 is 22.7 Å². The van der Waals surface area contributed by atoms with Gasteiger partial charge in [-0.1, -0.05) is 35.5 Å². The quantitative estimate of drug-likeness (QED) is 0.413. The number of fused-ring (bicyclic) bond motifs is 1. The average Bonchev–Trinajstić information content (AvgIpc) is 3.45. The number of hydrogen-bond acceptors (Lipinski definition) is 7. The van der Waals surface area contributed by atoms with E-state index < -0.39 is 0 Å². The van der Waals surface area contributed by atoms with E-state index >= 15 is 0 Å². The molecule has 29 heavy (non-hydrogen) atoms. The standard InChI is InChI=1S/C21H16N4O2S2/c1-12-6-3-4-7-14(12)10-25-11-22-20-16(21(25)26)13(2)17(29-20)19-23-18(24-27-19)15-8-5-9-28-15/h3-9,11H,10H2,1-2H3. The maximum absolute atomic E-state index is 13.2. The van der Waals surface area contributed by atoms with Crippen LogP contribution < -0.4 is 5.56 Å². The molecular weight excluding hydrogens is 404 g/mol. The zero-order chi connectivity index (χ0) is 20.0. The van der Waals surface area contributed by atoms with Crippen molar-refractivity contribution in [2.75, 3.05) is 0 Å². The number of benzene rings is 1. The molecule has 5 rings (SSSR count). The largest absolute Gasteiger partial charge is 0.333 e. The molecule has 6 nitrogen and oxygen atoms in total. The lowest BCUT2D eigenvalue weighted by Gasteiger charge is -2.08. The maximum Gasteiger partial charge on any atom is 0.268 e. The molecular formula is C21H16N4O2S2. The van der Waals surface area contributed by atoms with Gasteiger partial charge in [0.25, 0.3) is 11.4 Å². The Morgan fingerprint density at radius 2 is 2.00 bits per heavy atom. The Labute approximate surface area is 174 Å². The van der Waals surface area contributed by atoms with Crippen LogP contribution in [0.4, 0.5) is 0 Å². The van der Waals surface area contributed by atoms with Crippen molar-refractivity contribution in [1.82, 2.24) is 19.7 Å². The summed E-state index contributed by atoms with van der Waals surface area (Å²) in [5.41, 5.74) is 3.01. The molecule has 0 atom stereocenters. The summed E-state index contributed by atoms with van der Waals surface area (Å²) >= 11 is 2.96. The van der Waals surface area contributed by atoms with E-state index in [4.69, 9.17) is 4.52 Å². The molecule has 0 amide bonds. The third-order valence-electron chi connectivity index (χ3n) is 4.88. The summed E-state index contributed by atoms with van der Waals surface area (Å²) in [5, 5.41) is 6.66. The van der Waals surface area contributed by atoms with Gasteiger partial charge in [0, 0.05) is 0 Å². The van der Waals surface area contributed by atoms with Crippen molar-refractivity contribution in [2.24, 2.45) is 0 Å². The van der Waals surface area contributed by atoms with Crippen LogP contribution in [0.15, 0.2) is 57.4 Å². The van der Waals surface area contributed by atoms with E-state index in [-0.39, 0.29) is 5.56 Å². The normalized spacial score (nSPS) is 11.4. The molecule has 0 fully saturated rings. The number of aryl methyl sites for hydroxylation is 2. The first kappa shape index (κ1) is 18.0. The fourth-order valence-corrected chi connectivity index (χ4v) is 4.98. The highest BCUT2D eigenvalue weighted by molar-refractivity contribution is 7.22. The van der Waals surface area contributed by atoms with Crippen LogP contribution in [0.3, 0.4) is 0 Å². The molecule has 8 heteroatoms. The van der Waals surface area contributed by atoms with Gasteiger partial charge in [0.1, 0.15) is 4.83 Å². The summed E-state index contributed by atoms with van der Waals surface area (Å²) in [6, 6.07) is 11.9. The third-order valence-corrected chi connectivity index (χ3v) is 6.93. The molecule has 144 valence electrons. The second-order valence-electron chi connectivity index (χ2n) is 6.74. The molecule has 0 radical (unpaired) electrons. The topological polar surface area (TPSA) is 73.8 Å². The molecule has 0 N–H and O–H groups in total. The summed E-state index contributed by atoms with van der Waals surface area (Å²) in [5.74, 6) is 0.968. The van der Waals surface area contributed by atoms with Gasteiger partial charge >= 0.3 is 0 Å². The van der Waals surface area contributed by atoms with Crippen molar-refractivity contribution in [2.45, 2.75) is 20.4 Å². The van der Waals surface area contributed by atoms with Crippen molar-refractivity contribution in [3.8, 4) is 21.5 Å². The SMILES string of the molecule is Cc1ccccc1Cn1cnc2sc(-c3nc(-c4cccs4)no3)c(C)c2c1=O. The molecule has 0 aliphatic heterocycles. The van der Waals surface area contributed by atoms with Crippen molar-refractivity contribution in [1.29, 1.82) is 0 Å². The second-order valence-corrected chi connectivity index (χ2v) is 8.69. The molecule has 0 saturated carbocycles. The number of thiophene rings is 2. The van der Waals surface area contributed by atoms with Gasteiger partial charge in [-0.2, -0.15) is 4.98 Å². The van der Waals surface area contributed by atoms with Crippen molar-refractivity contribution < 1.29 is 4.52 Å². The molecule has 0 spiro atoms. The summed E-state index contributed by atoms with van der Waals surface area (Å²) < 4.78 is 7.14. The zero-order valence-electron chi connectivity index (χ0n) is 15.7. The lowest BCUT2D eigenvalue weighted by molar-refractivity contribution is 0.433. The Morgan fingerprint density at radius 3 is 2.79 bits per heavy atom. The van der Waals surface area contributed by atoms with E-state index in [2.05, 4.69) is 15.1 Å². The predicted octanol–water partition coefficient (Wildman–Crippen LogP) is 4.90. The van der Waals surface area contributed by atoms with Gasteiger partial charge in [0.15, 0.2) is 0 Å². The highest BCUT2D eigenvalue weighted by Crippen LogP contribution is 2.36. The molecule has 4 heterocycles. The molecule has 0 aliphatic rings. The van der Waals surface area contributed by atoms with E-state index in [1.54, 1.807) is 22.2 Å². The van der Waals surface area contributed by atoms with Gasteiger partial charge in [0.05, 0.1) is 28.0 Å². The Hall–Kier alpha value is -3.10. The van der Waals surface area contributed by atoms with Crippen molar-refractivity contribution in [3.63, 3.8) is 0 Å². The minimum absolute atomic E-state index is 0.0590. The van der Waals surface area contributed by atoms with Crippen molar-refractivity contribution in [3.05, 3.63) is 75.1 Å². The van der Waals surface area contributed by atoms with Crippen LogP contribution in [-0.2, 0) is 6.54 Å². The smallest absolute Gasteiger partial charge is 0.268 e. The Morgan fingerprint density at radius 1 is 1.14 bits per heavy atom. The van der Waals surface area contributed by atoms with Crippen LogP contribution in [-0.4, -0.2) is 19.7 Å². The lowest BCUT2D eigenvalue weighted by Crippen LogP contribution is -2.21. The maximum atomic E-state index is 13.2. The van der Waals surface area contributed by atoms with Gasteiger partial charge in [-0.05, 0) is 42.0 Å². The van der Waals surface area contributed by atoms with Crippen molar-refractivity contribution >= 4 is 32.9 Å². The summed E-state index contributed by atoms with van der Waals surface area (Å²) in [6.45, 7) is 4.44. The van der Waals surface area contributed by atoms with Crippen LogP contribution in [0.1, 0.15) is 16.7 Å². The van der Waals surface area contributed by atoms with Gasteiger partial charge in [-0.25, -0.2) is 4.98 Å². The fourth-order valence-electron chi connectivity index (χ4n) is 3.27. The van der Waals surface area contributed by atoms with E-state index in [9.17, 15) is 4.79 Å². The third kappa shape index (κ3) is 3.10. The predicted molar refractivity (Wildman–Crippen MR) is 116 cm³/mol. The summed E-state index contributed by atoms with van der Waals surface area (Å²) in [7, 11) is 0.